The summed E-state index contributed by atoms with van der Waals surface area (Å²) in [5, 5.41) is 9.73. The molecule has 6 heteroatoms. The number of ether oxygens (including phenoxy) is 4. The van der Waals surface area contributed by atoms with E-state index in [-0.39, 0.29) is 12.2 Å². The smallest absolute Gasteiger partial charge is 0.134 e. The summed E-state index contributed by atoms with van der Waals surface area (Å²) in [4.78, 5) is 0. The molecule has 3 atom stereocenters. The molecule has 0 spiro atoms. The first-order chi connectivity index (χ1) is 9.65. The molecule has 0 bridgehead atoms. The molecule has 1 aromatic carbocycles. The molecular weight excluding hydrogens is 328 g/mol. The first-order valence-electron chi connectivity index (χ1n) is 6.44. The molecule has 5 nitrogen and oxygen atoms in total. The highest BCUT2D eigenvalue weighted by atomic mass is 79.9. The zero-order valence-electron chi connectivity index (χ0n) is 11.5. The first kappa shape index (κ1) is 15.6. The van der Waals surface area contributed by atoms with Crippen molar-refractivity contribution in [1.82, 2.24) is 0 Å². The van der Waals surface area contributed by atoms with Gasteiger partial charge in [0.25, 0.3) is 0 Å². The minimum absolute atomic E-state index is 0.147. The molecule has 0 radical (unpaired) electrons. The van der Waals surface area contributed by atoms with Crippen LogP contribution in [-0.4, -0.2) is 50.9 Å². The van der Waals surface area contributed by atoms with E-state index < -0.39 is 6.10 Å². The van der Waals surface area contributed by atoms with Crippen LogP contribution in [0.25, 0.3) is 0 Å². The Balaban J connectivity index is 1.92. The fourth-order valence-electron chi connectivity index (χ4n) is 2.03. The molecule has 2 rings (SSSR count). The summed E-state index contributed by atoms with van der Waals surface area (Å²) in [5.41, 5.74) is 0. The van der Waals surface area contributed by atoms with Crippen LogP contribution < -0.4 is 9.47 Å². The van der Waals surface area contributed by atoms with Gasteiger partial charge in [-0.3, -0.25) is 0 Å². The second kappa shape index (κ2) is 7.26. The van der Waals surface area contributed by atoms with Crippen molar-refractivity contribution in [3.8, 4) is 11.5 Å². The van der Waals surface area contributed by atoms with Crippen LogP contribution >= 0.6 is 15.9 Å². The maximum absolute atomic E-state index is 9.73. The summed E-state index contributed by atoms with van der Waals surface area (Å²) >= 11 is 3.44. The number of aliphatic hydroxyl groups excluding tert-OH is 1. The van der Waals surface area contributed by atoms with Gasteiger partial charge in [-0.2, -0.15) is 0 Å². The van der Waals surface area contributed by atoms with Crippen LogP contribution in [0.15, 0.2) is 22.7 Å². The Bertz CT molecular complexity index is 440. The Morgan fingerprint density at radius 1 is 1.30 bits per heavy atom. The van der Waals surface area contributed by atoms with Gasteiger partial charge in [-0.05, 0) is 34.1 Å². The van der Waals surface area contributed by atoms with E-state index in [1.54, 1.807) is 14.2 Å². The molecule has 0 saturated heterocycles. The van der Waals surface area contributed by atoms with Crippen LogP contribution in [-0.2, 0) is 9.47 Å². The number of methoxy groups -OCH3 is 2. The molecule has 3 unspecified atom stereocenters. The van der Waals surface area contributed by atoms with Gasteiger partial charge in [-0.25, -0.2) is 0 Å². The molecule has 0 amide bonds. The van der Waals surface area contributed by atoms with Crippen molar-refractivity contribution in [2.45, 2.75) is 24.7 Å². The second-order valence-corrected chi connectivity index (χ2v) is 5.44. The summed E-state index contributed by atoms with van der Waals surface area (Å²) in [7, 11) is 3.23. The SMILES string of the molecule is COCCOC1C(O)CC1Oc1ccc(OC)cc1Br. The van der Waals surface area contributed by atoms with Gasteiger partial charge in [0, 0.05) is 13.5 Å². The maximum Gasteiger partial charge on any atom is 0.134 e. The Morgan fingerprint density at radius 2 is 2.10 bits per heavy atom. The number of halogens is 1. The lowest BCUT2D eigenvalue weighted by Crippen LogP contribution is -2.55. The van der Waals surface area contributed by atoms with E-state index in [9.17, 15) is 5.11 Å². The molecule has 0 aromatic heterocycles. The Hall–Kier alpha value is -0.820. The van der Waals surface area contributed by atoms with Crippen LogP contribution in [0.4, 0.5) is 0 Å². The third-order valence-corrected chi connectivity index (χ3v) is 3.85. The predicted molar refractivity (Wildman–Crippen MR) is 77.3 cm³/mol. The van der Waals surface area contributed by atoms with E-state index in [4.69, 9.17) is 18.9 Å². The fraction of sp³-hybridized carbons (Fsp3) is 0.571. The van der Waals surface area contributed by atoms with Gasteiger partial charge in [-0.1, -0.05) is 0 Å². The van der Waals surface area contributed by atoms with Crippen molar-refractivity contribution in [2.24, 2.45) is 0 Å². The van der Waals surface area contributed by atoms with Crippen molar-refractivity contribution in [1.29, 1.82) is 0 Å². The average molecular weight is 347 g/mol. The predicted octanol–water partition coefficient (Wildman–Crippen LogP) is 2.00. The molecule has 1 aromatic rings. The average Bonchev–Trinajstić information content (AvgIpc) is 2.44. The summed E-state index contributed by atoms with van der Waals surface area (Å²) < 4.78 is 22.3. The van der Waals surface area contributed by atoms with Crippen LogP contribution in [0.3, 0.4) is 0 Å². The van der Waals surface area contributed by atoms with Gasteiger partial charge in [0.15, 0.2) is 0 Å². The Kier molecular flexibility index (Phi) is 5.65. The number of hydrogen-bond donors (Lipinski definition) is 1. The van der Waals surface area contributed by atoms with E-state index >= 15 is 0 Å². The topological polar surface area (TPSA) is 57.2 Å². The summed E-state index contributed by atoms with van der Waals surface area (Å²) in [6.45, 7) is 0.948. The monoisotopic (exact) mass is 346 g/mol. The second-order valence-electron chi connectivity index (χ2n) is 4.58. The highest BCUT2D eigenvalue weighted by Gasteiger charge is 2.43. The lowest BCUT2D eigenvalue weighted by molar-refractivity contribution is -0.167. The van der Waals surface area contributed by atoms with Gasteiger partial charge in [0.2, 0.25) is 0 Å². The minimum Gasteiger partial charge on any atom is -0.497 e. The fourth-order valence-corrected chi connectivity index (χ4v) is 2.48. The molecule has 1 saturated carbocycles. The van der Waals surface area contributed by atoms with Gasteiger partial charge >= 0.3 is 0 Å². The van der Waals surface area contributed by atoms with Gasteiger partial charge in [-0.15, -0.1) is 0 Å². The summed E-state index contributed by atoms with van der Waals surface area (Å²) in [6, 6.07) is 5.50. The molecule has 20 heavy (non-hydrogen) atoms. The normalized spacial score (nSPS) is 25.1. The minimum atomic E-state index is -0.478. The van der Waals surface area contributed by atoms with E-state index in [1.807, 2.05) is 18.2 Å². The quantitative estimate of drug-likeness (QED) is 0.765. The van der Waals surface area contributed by atoms with Gasteiger partial charge in [0.1, 0.15) is 23.7 Å². The summed E-state index contributed by atoms with van der Waals surface area (Å²) in [5.74, 6) is 1.47. The molecule has 112 valence electrons. The lowest BCUT2D eigenvalue weighted by atomic mass is 9.88. The molecule has 0 aliphatic heterocycles. The molecule has 1 aliphatic rings. The maximum atomic E-state index is 9.73. The molecule has 0 heterocycles. The van der Waals surface area contributed by atoms with Gasteiger partial charge in [0.05, 0.1) is 30.9 Å². The van der Waals surface area contributed by atoms with Gasteiger partial charge < -0.3 is 24.1 Å². The van der Waals surface area contributed by atoms with Crippen molar-refractivity contribution < 1.29 is 24.1 Å². The highest BCUT2D eigenvalue weighted by molar-refractivity contribution is 9.10. The lowest BCUT2D eigenvalue weighted by Gasteiger charge is -2.40. The van der Waals surface area contributed by atoms with Crippen molar-refractivity contribution >= 4 is 15.9 Å². The van der Waals surface area contributed by atoms with Crippen LogP contribution in [0.2, 0.25) is 0 Å². The largest absolute Gasteiger partial charge is 0.497 e. The zero-order chi connectivity index (χ0) is 14.5. The first-order valence-corrected chi connectivity index (χ1v) is 7.23. The Morgan fingerprint density at radius 3 is 2.70 bits per heavy atom. The Labute approximate surface area is 126 Å². The van der Waals surface area contributed by atoms with Crippen molar-refractivity contribution in [3.63, 3.8) is 0 Å². The number of rotatable bonds is 7. The summed E-state index contributed by atoms with van der Waals surface area (Å²) in [6.07, 6.45) is -0.365. The van der Waals surface area contributed by atoms with Crippen LogP contribution in [0, 0.1) is 0 Å². The molecular formula is C14H19BrO5. The molecule has 1 fully saturated rings. The zero-order valence-corrected chi connectivity index (χ0v) is 13.1. The molecule has 1 N–H and O–H groups in total. The molecule has 1 aliphatic carbocycles. The third kappa shape index (κ3) is 3.63. The van der Waals surface area contributed by atoms with Crippen LogP contribution in [0.5, 0.6) is 11.5 Å². The highest BCUT2D eigenvalue weighted by Crippen LogP contribution is 2.34. The van der Waals surface area contributed by atoms with Crippen molar-refractivity contribution in [2.75, 3.05) is 27.4 Å². The van der Waals surface area contributed by atoms with E-state index in [2.05, 4.69) is 15.9 Å². The van der Waals surface area contributed by atoms with Crippen LogP contribution in [0.1, 0.15) is 6.42 Å². The number of hydrogen-bond acceptors (Lipinski definition) is 5. The third-order valence-electron chi connectivity index (χ3n) is 3.23. The number of aliphatic hydroxyl groups is 1. The standard InChI is InChI=1S/C14H19BrO5/c1-17-5-6-19-14-11(16)8-13(14)20-12-4-3-9(18-2)7-10(12)15/h3-4,7,11,13-14,16H,5-6,8H2,1-2H3. The van der Waals surface area contributed by atoms with E-state index in [0.717, 1.165) is 10.2 Å². The van der Waals surface area contributed by atoms with Crippen molar-refractivity contribution in [3.05, 3.63) is 22.7 Å². The van der Waals surface area contributed by atoms with E-state index in [1.165, 1.54) is 0 Å². The number of benzene rings is 1. The van der Waals surface area contributed by atoms with E-state index in [0.29, 0.717) is 25.4 Å².